The smallest absolute Gasteiger partial charge is 0.326 e. The van der Waals surface area contributed by atoms with Gasteiger partial charge in [-0.3, -0.25) is 9.59 Å². The lowest BCUT2D eigenvalue weighted by Gasteiger charge is -2.13. The van der Waals surface area contributed by atoms with Gasteiger partial charge in [0, 0.05) is 0 Å². The van der Waals surface area contributed by atoms with Crippen molar-refractivity contribution >= 4 is 29.4 Å². The highest BCUT2D eigenvalue weighted by Crippen LogP contribution is 2.01. The summed E-state index contributed by atoms with van der Waals surface area (Å²) in [5.41, 5.74) is 0. The van der Waals surface area contributed by atoms with Gasteiger partial charge in [0.05, 0.1) is 6.42 Å². The Balaban J connectivity index is 4.10. The van der Waals surface area contributed by atoms with Crippen LogP contribution in [-0.4, -0.2) is 40.8 Å². The summed E-state index contributed by atoms with van der Waals surface area (Å²) < 4.78 is 0. The molecule has 0 bridgehead atoms. The maximum Gasteiger partial charge on any atom is 0.326 e. The van der Waals surface area contributed by atoms with E-state index in [-0.39, 0.29) is 12.2 Å². The van der Waals surface area contributed by atoms with Crippen molar-refractivity contribution in [3.05, 3.63) is 0 Å². The number of thioether (sulfide) groups is 1. The molecule has 0 aromatic carbocycles. The van der Waals surface area contributed by atoms with Gasteiger partial charge in [-0.2, -0.15) is 11.8 Å². The second-order valence-electron chi connectivity index (χ2n) is 3.12. The third-order valence-electron chi connectivity index (χ3n) is 1.65. The van der Waals surface area contributed by atoms with Crippen LogP contribution < -0.4 is 5.32 Å². The number of Topliss-reactive ketones (excluding diaryl/α,β-unsaturated/α-hetero) is 1. The van der Waals surface area contributed by atoms with E-state index < -0.39 is 17.9 Å². The van der Waals surface area contributed by atoms with Gasteiger partial charge in [-0.15, -0.1) is 0 Å². The average Bonchev–Trinajstić information content (AvgIpc) is 2.10. The van der Waals surface area contributed by atoms with Crippen molar-refractivity contribution in [3.63, 3.8) is 0 Å². The topological polar surface area (TPSA) is 83.5 Å². The molecule has 1 amide bonds. The first-order valence-corrected chi connectivity index (χ1v) is 5.87. The molecule has 0 rings (SSSR count). The van der Waals surface area contributed by atoms with Crippen molar-refractivity contribution in [1.29, 1.82) is 0 Å². The Morgan fingerprint density at radius 1 is 1.40 bits per heavy atom. The van der Waals surface area contributed by atoms with Crippen LogP contribution in [0.25, 0.3) is 0 Å². The molecule has 6 heteroatoms. The predicted octanol–water partition coefficient (Wildman–Crippen LogP) is 0.288. The Labute approximate surface area is 92.6 Å². The molecule has 5 nitrogen and oxygen atoms in total. The number of carbonyl (C=O) groups excluding carboxylic acids is 2. The van der Waals surface area contributed by atoms with Crippen LogP contribution in [0.5, 0.6) is 0 Å². The molecule has 0 aliphatic rings. The van der Waals surface area contributed by atoms with E-state index in [1.807, 2.05) is 6.26 Å². The van der Waals surface area contributed by atoms with E-state index in [0.717, 1.165) is 0 Å². The number of carboxylic acids is 1. The SMILES string of the molecule is CSCC[C@@H](NC(=O)CC(C)=O)C(=O)O. The largest absolute Gasteiger partial charge is 0.480 e. The molecule has 0 aliphatic heterocycles. The molecule has 0 radical (unpaired) electrons. The molecule has 0 aromatic rings. The third kappa shape index (κ3) is 6.96. The maximum absolute atomic E-state index is 11.1. The van der Waals surface area contributed by atoms with Gasteiger partial charge in [0.1, 0.15) is 11.8 Å². The minimum absolute atomic E-state index is 0.261. The van der Waals surface area contributed by atoms with Crippen molar-refractivity contribution in [2.24, 2.45) is 0 Å². The van der Waals surface area contributed by atoms with Crippen LogP contribution in [0, 0.1) is 0 Å². The summed E-state index contributed by atoms with van der Waals surface area (Å²) in [6, 6.07) is -0.899. The van der Waals surface area contributed by atoms with Crippen LogP contribution in [0.2, 0.25) is 0 Å². The minimum Gasteiger partial charge on any atom is -0.480 e. The summed E-state index contributed by atoms with van der Waals surface area (Å²) in [5.74, 6) is -1.23. The molecule has 1 atom stereocenters. The standard InChI is InChI=1S/C9H15NO4S/c1-6(11)5-8(12)10-7(9(13)14)3-4-15-2/h7H,3-5H2,1-2H3,(H,10,12)(H,13,14)/t7-/m1/s1. The Morgan fingerprint density at radius 2 is 2.00 bits per heavy atom. The van der Waals surface area contributed by atoms with Crippen LogP contribution in [-0.2, 0) is 14.4 Å². The monoisotopic (exact) mass is 233 g/mol. The minimum atomic E-state index is -1.07. The van der Waals surface area contributed by atoms with Crippen LogP contribution in [0.1, 0.15) is 19.8 Å². The molecule has 0 heterocycles. The van der Waals surface area contributed by atoms with Gasteiger partial charge in [0.2, 0.25) is 5.91 Å². The summed E-state index contributed by atoms with van der Waals surface area (Å²) in [4.78, 5) is 32.5. The van der Waals surface area contributed by atoms with Gasteiger partial charge >= 0.3 is 5.97 Å². The fraction of sp³-hybridized carbons (Fsp3) is 0.667. The van der Waals surface area contributed by atoms with Gasteiger partial charge in [-0.05, 0) is 25.4 Å². The quantitative estimate of drug-likeness (QED) is 0.617. The van der Waals surface area contributed by atoms with Crippen LogP contribution in [0.15, 0.2) is 0 Å². The van der Waals surface area contributed by atoms with E-state index >= 15 is 0 Å². The molecule has 0 saturated heterocycles. The Hall–Kier alpha value is -1.04. The highest BCUT2D eigenvalue weighted by Gasteiger charge is 2.19. The second-order valence-corrected chi connectivity index (χ2v) is 4.10. The predicted molar refractivity (Wildman–Crippen MR) is 57.9 cm³/mol. The van der Waals surface area contributed by atoms with Crippen molar-refractivity contribution in [2.45, 2.75) is 25.8 Å². The molecule has 0 aromatic heterocycles. The molecule has 0 saturated carbocycles. The first kappa shape index (κ1) is 14.0. The summed E-state index contributed by atoms with van der Waals surface area (Å²) in [6.07, 6.45) is 1.96. The molecule has 0 fully saturated rings. The van der Waals surface area contributed by atoms with E-state index in [9.17, 15) is 14.4 Å². The third-order valence-corrected chi connectivity index (χ3v) is 2.30. The van der Waals surface area contributed by atoms with Crippen LogP contribution >= 0.6 is 11.8 Å². The zero-order valence-corrected chi connectivity index (χ0v) is 9.60. The zero-order chi connectivity index (χ0) is 11.8. The van der Waals surface area contributed by atoms with Crippen molar-refractivity contribution in [3.8, 4) is 0 Å². The lowest BCUT2D eigenvalue weighted by atomic mass is 10.2. The number of carbonyl (C=O) groups is 3. The number of nitrogens with one attached hydrogen (secondary N) is 1. The molecule has 0 spiro atoms. The average molecular weight is 233 g/mol. The molecule has 0 aliphatic carbocycles. The molecular weight excluding hydrogens is 218 g/mol. The lowest BCUT2D eigenvalue weighted by Crippen LogP contribution is -2.41. The fourth-order valence-electron chi connectivity index (χ4n) is 0.965. The summed E-state index contributed by atoms with van der Waals surface area (Å²) >= 11 is 1.51. The molecule has 0 unspecified atom stereocenters. The van der Waals surface area contributed by atoms with Gasteiger partial charge in [-0.25, -0.2) is 4.79 Å². The van der Waals surface area contributed by atoms with Crippen molar-refractivity contribution in [1.82, 2.24) is 5.32 Å². The number of aliphatic carboxylic acids is 1. The Morgan fingerprint density at radius 3 is 2.40 bits per heavy atom. The Bertz CT molecular complexity index is 254. The normalized spacial score (nSPS) is 11.9. The van der Waals surface area contributed by atoms with Crippen molar-refractivity contribution in [2.75, 3.05) is 12.0 Å². The number of carboxylic acid groups (broad SMARTS) is 1. The molecule has 15 heavy (non-hydrogen) atoms. The van der Waals surface area contributed by atoms with E-state index in [1.165, 1.54) is 18.7 Å². The maximum atomic E-state index is 11.1. The number of ketones is 1. The van der Waals surface area contributed by atoms with Gasteiger partial charge in [0.15, 0.2) is 0 Å². The van der Waals surface area contributed by atoms with Gasteiger partial charge in [0.25, 0.3) is 0 Å². The summed E-state index contributed by atoms with van der Waals surface area (Å²) in [6.45, 7) is 1.29. The van der Waals surface area contributed by atoms with Crippen molar-refractivity contribution < 1.29 is 19.5 Å². The fourth-order valence-corrected chi connectivity index (χ4v) is 1.44. The molecule has 2 N–H and O–H groups in total. The highest BCUT2D eigenvalue weighted by molar-refractivity contribution is 7.98. The summed E-state index contributed by atoms with van der Waals surface area (Å²) in [7, 11) is 0. The number of hydrogen-bond donors (Lipinski definition) is 2. The zero-order valence-electron chi connectivity index (χ0n) is 8.78. The van der Waals surface area contributed by atoms with E-state index in [4.69, 9.17) is 5.11 Å². The van der Waals surface area contributed by atoms with Gasteiger partial charge in [-0.1, -0.05) is 0 Å². The number of hydrogen-bond acceptors (Lipinski definition) is 4. The van der Waals surface area contributed by atoms with E-state index in [0.29, 0.717) is 12.2 Å². The van der Waals surface area contributed by atoms with Gasteiger partial charge < -0.3 is 10.4 Å². The van der Waals surface area contributed by atoms with E-state index in [1.54, 1.807) is 0 Å². The first-order valence-electron chi connectivity index (χ1n) is 4.48. The van der Waals surface area contributed by atoms with Crippen LogP contribution in [0.4, 0.5) is 0 Å². The number of amides is 1. The first-order chi connectivity index (χ1) is 6.97. The number of rotatable bonds is 7. The van der Waals surface area contributed by atoms with Crippen LogP contribution in [0.3, 0.4) is 0 Å². The second kappa shape index (κ2) is 7.28. The molecule has 86 valence electrons. The lowest BCUT2D eigenvalue weighted by molar-refractivity contribution is -0.142. The van der Waals surface area contributed by atoms with E-state index in [2.05, 4.69) is 5.32 Å². The summed E-state index contributed by atoms with van der Waals surface area (Å²) in [5, 5.41) is 11.1. The highest BCUT2D eigenvalue weighted by atomic mass is 32.2. The Kier molecular flexibility index (Phi) is 6.77. The molecular formula is C9H15NO4S.